The Bertz CT molecular complexity index is 528. The van der Waals surface area contributed by atoms with Crippen LogP contribution in [0.25, 0.3) is 0 Å². The van der Waals surface area contributed by atoms with Gasteiger partial charge in [0, 0.05) is 25.4 Å². The first-order valence-corrected chi connectivity index (χ1v) is 6.94. The number of hydrogen-bond donors (Lipinski definition) is 3. The van der Waals surface area contributed by atoms with Crippen molar-refractivity contribution < 1.29 is 9.90 Å². The van der Waals surface area contributed by atoms with Crippen molar-refractivity contribution in [3.8, 4) is 6.07 Å². The van der Waals surface area contributed by atoms with Crippen molar-refractivity contribution in [3.63, 3.8) is 0 Å². The van der Waals surface area contributed by atoms with E-state index in [0.29, 0.717) is 18.5 Å². The van der Waals surface area contributed by atoms with Crippen molar-refractivity contribution in [2.75, 3.05) is 18.5 Å². The minimum Gasteiger partial charge on any atom is -0.396 e. The molecule has 0 aliphatic heterocycles. The quantitative estimate of drug-likeness (QED) is 0.744. The van der Waals surface area contributed by atoms with Crippen LogP contribution in [0, 0.1) is 16.7 Å². The Morgan fingerprint density at radius 1 is 1.57 bits per heavy atom. The molecule has 0 spiro atoms. The normalized spacial score (nSPS) is 11.3. The molecule has 0 atom stereocenters. The molecule has 7 nitrogen and oxygen atoms in total. The molecule has 21 heavy (non-hydrogen) atoms. The molecule has 2 amide bonds. The molecule has 3 N–H and O–H groups in total. The fourth-order valence-corrected chi connectivity index (χ4v) is 1.69. The van der Waals surface area contributed by atoms with Crippen LogP contribution in [0.5, 0.6) is 0 Å². The number of nitrogens with one attached hydrogen (secondary N) is 2. The highest BCUT2D eigenvalue weighted by Crippen LogP contribution is 2.18. The average Bonchev–Trinajstić information content (AvgIpc) is 2.80. The molecule has 0 unspecified atom stereocenters. The zero-order chi connectivity index (χ0) is 16.0. The van der Waals surface area contributed by atoms with Crippen LogP contribution in [0.3, 0.4) is 0 Å². The second-order valence-electron chi connectivity index (χ2n) is 6.02. The summed E-state index contributed by atoms with van der Waals surface area (Å²) in [4.78, 5) is 11.9. The fourth-order valence-electron chi connectivity index (χ4n) is 1.69. The first-order chi connectivity index (χ1) is 9.79. The van der Waals surface area contributed by atoms with Gasteiger partial charge in [-0.05, 0) is 25.7 Å². The Labute approximate surface area is 125 Å². The molecule has 0 aromatic carbocycles. The van der Waals surface area contributed by atoms with Gasteiger partial charge in [0.15, 0.2) is 5.82 Å². The monoisotopic (exact) mass is 293 g/mol. The number of rotatable bonds is 6. The van der Waals surface area contributed by atoms with Gasteiger partial charge in [-0.15, -0.1) is 0 Å². The summed E-state index contributed by atoms with van der Waals surface area (Å²) in [6.07, 6.45) is 2.20. The van der Waals surface area contributed by atoms with Gasteiger partial charge in [-0.2, -0.15) is 10.4 Å². The number of carbonyl (C=O) groups excluding carboxylic acids is 1. The molecule has 0 aliphatic carbocycles. The highest BCUT2D eigenvalue weighted by Gasteiger charge is 2.19. The summed E-state index contributed by atoms with van der Waals surface area (Å²) in [5.74, 6) is 0.253. The fraction of sp³-hybridized carbons (Fsp3) is 0.643. The predicted molar refractivity (Wildman–Crippen MR) is 79.8 cm³/mol. The summed E-state index contributed by atoms with van der Waals surface area (Å²) in [6.45, 7) is 8.29. The van der Waals surface area contributed by atoms with E-state index in [-0.39, 0.29) is 23.9 Å². The van der Waals surface area contributed by atoms with E-state index < -0.39 is 6.03 Å². The van der Waals surface area contributed by atoms with Gasteiger partial charge in [-0.1, -0.05) is 13.8 Å². The van der Waals surface area contributed by atoms with E-state index in [1.807, 2.05) is 33.8 Å². The largest absolute Gasteiger partial charge is 0.396 e. The van der Waals surface area contributed by atoms with Gasteiger partial charge < -0.3 is 10.4 Å². The Balaban J connectivity index is 2.65. The lowest BCUT2D eigenvalue weighted by Gasteiger charge is -2.23. The zero-order valence-corrected chi connectivity index (χ0v) is 13.0. The predicted octanol–water partition coefficient (Wildman–Crippen LogP) is 1.87. The van der Waals surface area contributed by atoms with Gasteiger partial charge in [0.25, 0.3) is 0 Å². The second kappa shape index (κ2) is 7.09. The highest BCUT2D eigenvalue weighted by atomic mass is 16.3. The summed E-state index contributed by atoms with van der Waals surface area (Å²) in [5, 5.41) is 27.5. The summed E-state index contributed by atoms with van der Waals surface area (Å²) in [7, 11) is 0. The molecule has 0 saturated carbocycles. The number of aliphatic hydroxyl groups is 1. The lowest BCUT2D eigenvalue weighted by atomic mass is 9.90. The third kappa shape index (κ3) is 5.08. The van der Waals surface area contributed by atoms with Gasteiger partial charge >= 0.3 is 6.03 Å². The highest BCUT2D eigenvalue weighted by molar-refractivity contribution is 5.89. The van der Waals surface area contributed by atoms with Crippen molar-refractivity contribution >= 4 is 11.8 Å². The molecule has 1 aromatic heterocycles. The summed E-state index contributed by atoms with van der Waals surface area (Å²) in [6, 6.07) is 1.71. The van der Waals surface area contributed by atoms with Crippen LogP contribution in [0.15, 0.2) is 6.20 Å². The minimum absolute atomic E-state index is 0.0771. The Morgan fingerprint density at radius 2 is 2.24 bits per heavy atom. The molecule has 0 radical (unpaired) electrons. The molecule has 116 valence electrons. The lowest BCUT2D eigenvalue weighted by Crippen LogP contribution is -2.37. The van der Waals surface area contributed by atoms with E-state index in [1.165, 1.54) is 0 Å². The second-order valence-corrected chi connectivity index (χ2v) is 6.02. The molecule has 0 bridgehead atoms. The molecular weight excluding hydrogens is 270 g/mol. The van der Waals surface area contributed by atoms with Crippen LogP contribution in [0.4, 0.5) is 10.6 Å². The molecule has 0 saturated heterocycles. The maximum Gasteiger partial charge on any atom is 0.320 e. The number of carbonyl (C=O) groups is 1. The number of nitrogens with zero attached hydrogens (tertiary/aromatic N) is 3. The van der Waals surface area contributed by atoms with Crippen molar-refractivity contribution in [2.45, 2.75) is 40.2 Å². The molecule has 1 rings (SSSR count). The number of amides is 2. The first-order valence-electron chi connectivity index (χ1n) is 6.94. The topological polar surface area (TPSA) is 103 Å². The van der Waals surface area contributed by atoms with E-state index in [4.69, 9.17) is 10.4 Å². The maximum absolute atomic E-state index is 11.9. The van der Waals surface area contributed by atoms with Crippen molar-refractivity contribution in [1.82, 2.24) is 15.1 Å². The molecule has 0 fully saturated rings. The Morgan fingerprint density at radius 3 is 2.76 bits per heavy atom. The van der Waals surface area contributed by atoms with E-state index in [2.05, 4.69) is 15.7 Å². The number of aromatic nitrogens is 2. The van der Waals surface area contributed by atoms with Gasteiger partial charge in [-0.3, -0.25) is 10.00 Å². The molecule has 1 heterocycles. The van der Waals surface area contributed by atoms with Crippen LogP contribution in [-0.4, -0.2) is 34.1 Å². The number of aliphatic hydroxyl groups excluding tert-OH is 1. The maximum atomic E-state index is 11.9. The van der Waals surface area contributed by atoms with Crippen LogP contribution in [0.2, 0.25) is 0 Å². The van der Waals surface area contributed by atoms with E-state index in [1.54, 1.807) is 10.9 Å². The third-order valence-corrected chi connectivity index (χ3v) is 3.13. The lowest BCUT2D eigenvalue weighted by molar-refractivity contribution is 0.204. The summed E-state index contributed by atoms with van der Waals surface area (Å²) >= 11 is 0. The first kappa shape index (κ1) is 17.0. The molecule has 1 aromatic rings. The van der Waals surface area contributed by atoms with Crippen molar-refractivity contribution in [1.29, 1.82) is 5.26 Å². The van der Waals surface area contributed by atoms with E-state index in [0.717, 1.165) is 0 Å². The van der Waals surface area contributed by atoms with Gasteiger partial charge in [0.1, 0.15) is 11.6 Å². The third-order valence-electron chi connectivity index (χ3n) is 3.13. The number of urea groups is 1. The van der Waals surface area contributed by atoms with Crippen molar-refractivity contribution in [2.24, 2.45) is 5.41 Å². The van der Waals surface area contributed by atoms with E-state index >= 15 is 0 Å². The smallest absolute Gasteiger partial charge is 0.320 e. The van der Waals surface area contributed by atoms with Gasteiger partial charge in [0.2, 0.25) is 0 Å². The molecule has 0 aliphatic rings. The summed E-state index contributed by atoms with van der Waals surface area (Å²) in [5.41, 5.74) is 0.134. The van der Waals surface area contributed by atoms with Crippen LogP contribution in [0.1, 0.15) is 45.7 Å². The molecule has 7 heteroatoms. The van der Waals surface area contributed by atoms with Crippen LogP contribution >= 0.6 is 0 Å². The van der Waals surface area contributed by atoms with Crippen molar-refractivity contribution in [3.05, 3.63) is 11.8 Å². The average molecular weight is 293 g/mol. The summed E-state index contributed by atoms with van der Waals surface area (Å²) < 4.78 is 1.63. The Kier molecular flexibility index (Phi) is 5.73. The van der Waals surface area contributed by atoms with Crippen LogP contribution < -0.4 is 10.6 Å². The molecular formula is C14H23N5O2. The number of anilines is 1. The van der Waals surface area contributed by atoms with E-state index in [9.17, 15) is 4.79 Å². The standard InChI is InChI=1S/C14H23N5O2/c1-10(2)19-8-11(7-15)12(18-19)17-13(21)16-9-14(3,4)5-6-20/h8,10,20H,5-6,9H2,1-4H3,(H2,16,17,18,21). The number of hydrogen-bond acceptors (Lipinski definition) is 4. The Hall–Kier alpha value is -2.07. The SMILES string of the molecule is CC(C)n1cc(C#N)c(NC(=O)NCC(C)(C)CCO)n1. The van der Waals surface area contributed by atoms with Gasteiger partial charge in [-0.25, -0.2) is 4.79 Å². The number of nitriles is 1. The van der Waals surface area contributed by atoms with Crippen LogP contribution in [-0.2, 0) is 0 Å². The van der Waals surface area contributed by atoms with Gasteiger partial charge in [0.05, 0.1) is 0 Å². The minimum atomic E-state index is -0.411. The zero-order valence-electron chi connectivity index (χ0n) is 13.0.